The van der Waals surface area contributed by atoms with E-state index in [0.717, 1.165) is 22.8 Å². The Kier molecular flexibility index (Phi) is 9.01. The van der Waals surface area contributed by atoms with Gasteiger partial charge in [-0.1, -0.05) is 171 Å². The van der Waals surface area contributed by atoms with Crippen LogP contribution in [-0.2, 0) is 0 Å². The van der Waals surface area contributed by atoms with E-state index in [4.69, 9.17) is 4.98 Å². The summed E-state index contributed by atoms with van der Waals surface area (Å²) in [6.07, 6.45) is 1.93. The molecule has 1 aliphatic heterocycles. The van der Waals surface area contributed by atoms with Crippen molar-refractivity contribution in [2.45, 2.75) is 13.1 Å². The second-order valence-electron chi connectivity index (χ2n) is 15.6. The summed E-state index contributed by atoms with van der Waals surface area (Å²) in [5.74, 6) is 0. The van der Waals surface area contributed by atoms with E-state index in [1.807, 2.05) is 6.20 Å². The van der Waals surface area contributed by atoms with Gasteiger partial charge in [-0.05, 0) is 121 Å². The van der Waals surface area contributed by atoms with Gasteiger partial charge in [0.1, 0.15) is 8.07 Å². The van der Waals surface area contributed by atoms with Crippen LogP contribution >= 0.6 is 0 Å². The lowest BCUT2D eigenvalue weighted by atomic mass is 9.97. The van der Waals surface area contributed by atoms with Gasteiger partial charge in [0.05, 0.1) is 5.69 Å². The van der Waals surface area contributed by atoms with Gasteiger partial charge in [-0.2, -0.15) is 0 Å². The Morgan fingerprint density at radius 3 is 1.28 bits per heavy atom. The SMILES string of the molecule is C[Si]1(C)c2cccnc2-c2cccc(-c3cccc(-c4ccc(N(c5ccc(-c6ccccc6)cc5)c5ccc(-c6cccc(-c7ccccc7)c6)cc5)cc4)c3)c21. The van der Waals surface area contributed by atoms with Crippen LogP contribution in [0, 0.1) is 0 Å². The van der Waals surface area contributed by atoms with Gasteiger partial charge in [0.15, 0.2) is 0 Å². The molecular formula is C55H42N2Si. The molecule has 10 rings (SSSR count). The quantitative estimate of drug-likeness (QED) is 0.143. The first-order valence-corrected chi connectivity index (χ1v) is 23.0. The zero-order chi connectivity index (χ0) is 39.1. The molecule has 0 bridgehead atoms. The summed E-state index contributed by atoms with van der Waals surface area (Å²) in [6.45, 7) is 4.92. The minimum absolute atomic E-state index is 1.10. The average Bonchev–Trinajstić information content (AvgIpc) is 3.54. The number of rotatable bonds is 8. The van der Waals surface area contributed by atoms with Crippen LogP contribution < -0.4 is 15.3 Å². The van der Waals surface area contributed by atoms with E-state index in [1.54, 1.807) is 0 Å². The largest absolute Gasteiger partial charge is 0.311 e. The highest BCUT2D eigenvalue weighted by Gasteiger charge is 2.40. The van der Waals surface area contributed by atoms with E-state index in [0.29, 0.717) is 0 Å². The molecule has 2 nitrogen and oxygen atoms in total. The highest BCUT2D eigenvalue weighted by atomic mass is 28.3. The van der Waals surface area contributed by atoms with E-state index in [-0.39, 0.29) is 0 Å². The van der Waals surface area contributed by atoms with Crippen LogP contribution in [-0.4, -0.2) is 13.1 Å². The molecule has 1 aliphatic rings. The molecule has 0 fully saturated rings. The highest BCUT2D eigenvalue weighted by molar-refractivity contribution is 7.04. The van der Waals surface area contributed by atoms with Crippen molar-refractivity contribution >= 4 is 35.5 Å². The summed E-state index contributed by atoms with van der Waals surface area (Å²) in [4.78, 5) is 7.19. The summed E-state index contributed by atoms with van der Waals surface area (Å²) < 4.78 is 0. The maximum Gasteiger partial charge on any atom is 0.116 e. The summed E-state index contributed by atoms with van der Waals surface area (Å²) >= 11 is 0. The normalized spacial score (nSPS) is 12.4. The molecule has 276 valence electrons. The smallest absolute Gasteiger partial charge is 0.116 e. The van der Waals surface area contributed by atoms with Crippen LogP contribution in [0.2, 0.25) is 13.1 Å². The minimum atomic E-state index is -1.92. The van der Waals surface area contributed by atoms with E-state index in [1.165, 1.54) is 71.6 Å². The molecular weight excluding hydrogens is 717 g/mol. The Morgan fingerprint density at radius 1 is 0.345 bits per heavy atom. The molecule has 0 radical (unpaired) electrons. The van der Waals surface area contributed by atoms with Gasteiger partial charge >= 0.3 is 0 Å². The fourth-order valence-corrected chi connectivity index (χ4v) is 12.1. The molecule has 0 atom stereocenters. The van der Waals surface area contributed by atoms with Crippen molar-refractivity contribution in [3.8, 4) is 66.9 Å². The molecule has 3 heteroatoms. The van der Waals surface area contributed by atoms with Crippen molar-refractivity contribution in [3.63, 3.8) is 0 Å². The molecule has 0 amide bonds. The number of hydrogen-bond donors (Lipinski definition) is 0. The minimum Gasteiger partial charge on any atom is -0.311 e. The van der Waals surface area contributed by atoms with E-state index in [2.05, 4.69) is 230 Å². The lowest BCUT2D eigenvalue weighted by Gasteiger charge is -2.26. The lowest BCUT2D eigenvalue weighted by molar-refractivity contribution is 1.28. The third-order valence-electron chi connectivity index (χ3n) is 11.7. The summed E-state index contributed by atoms with van der Waals surface area (Å²) in [7, 11) is -1.92. The number of fused-ring (bicyclic) bond motifs is 3. The van der Waals surface area contributed by atoms with Crippen molar-refractivity contribution < 1.29 is 0 Å². The van der Waals surface area contributed by atoms with Gasteiger partial charge in [0, 0.05) is 28.8 Å². The molecule has 2 heterocycles. The first kappa shape index (κ1) is 35.3. The Morgan fingerprint density at radius 2 is 0.741 bits per heavy atom. The number of anilines is 3. The zero-order valence-corrected chi connectivity index (χ0v) is 33.7. The molecule has 58 heavy (non-hydrogen) atoms. The molecule has 0 spiro atoms. The van der Waals surface area contributed by atoms with Crippen LogP contribution in [0.25, 0.3) is 66.9 Å². The fraction of sp³-hybridized carbons (Fsp3) is 0.0364. The average molecular weight is 759 g/mol. The van der Waals surface area contributed by atoms with Crippen LogP contribution in [0.15, 0.2) is 219 Å². The summed E-state index contributed by atoms with van der Waals surface area (Å²) in [6, 6.07) is 77.0. The second kappa shape index (κ2) is 14.8. The Bertz CT molecular complexity index is 2880. The number of hydrogen-bond acceptors (Lipinski definition) is 2. The number of benzene rings is 8. The Hall–Kier alpha value is -7.07. The summed E-state index contributed by atoms with van der Waals surface area (Å²) in [5.41, 5.74) is 18.0. The van der Waals surface area contributed by atoms with Gasteiger partial charge in [-0.15, -0.1) is 0 Å². The predicted octanol–water partition coefficient (Wildman–Crippen LogP) is 13.7. The van der Waals surface area contributed by atoms with Crippen LogP contribution in [0.4, 0.5) is 17.1 Å². The van der Waals surface area contributed by atoms with Crippen LogP contribution in [0.3, 0.4) is 0 Å². The molecule has 0 aliphatic carbocycles. The third-order valence-corrected chi connectivity index (χ3v) is 15.3. The van der Waals surface area contributed by atoms with Crippen molar-refractivity contribution in [3.05, 3.63) is 219 Å². The second-order valence-corrected chi connectivity index (χ2v) is 19.9. The molecule has 0 unspecified atom stereocenters. The van der Waals surface area contributed by atoms with Crippen molar-refractivity contribution in [1.29, 1.82) is 0 Å². The van der Waals surface area contributed by atoms with Crippen molar-refractivity contribution in [1.82, 2.24) is 4.98 Å². The lowest BCUT2D eigenvalue weighted by Crippen LogP contribution is -2.50. The topological polar surface area (TPSA) is 16.1 Å². The van der Waals surface area contributed by atoms with E-state index >= 15 is 0 Å². The fourth-order valence-electron chi connectivity index (χ4n) is 8.78. The first-order valence-electron chi connectivity index (χ1n) is 20.0. The highest BCUT2D eigenvalue weighted by Crippen LogP contribution is 2.39. The molecule has 8 aromatic carbocycles. The van der Waals surface area contributed by atoms with Crippen LogP contribution in [0.1, 0.15) is 0 Å². The standard InChI is InChI=1S/C55H42N2Si/c1-58(2)53-23-12-36-56-54(53)52-22-11-21-51(55(52)58)47-20-10-19-46(38-47)43-28-34-50(35-29-43)57(48-30-24-41(25-31-48)39-13-5-3-6-14-39)49-32-26-42(27-33-49)45-18-9-17-44(37-45)40-15-7-4-8-16-40/h3-38H,1-2H3. The van der Waals surface area contributed by atoms with Gasteiger partial charge in [-0.25, -0.2) is 0 Å². The number of nitrogens with zero attached hydrogens (tertiary/aromatic N) is 2. The van der Waals surface area contributed by atoms with E-state index in [9.17, 15) is 0 Å². The molecule has 0 N–H and O–H groups in total. The Balaban J connectivity index is 0.994. The zero-order valence-electron chi connectivity index (χ0n) is 32.7. The third kappa shape index (κ3) is 6.46. The predicted molar refractivity (Wildman–Crippen MR) is 248 cm³/mol. The maximum atomic E-state index is 4.84. The van der Waals surface area contributed by atoms with E-state index < -0.39 is 8.07 Å². The molecule has 0 saturated carbocycles. The van der Waals surface area contributed by atoms with Gasteiger partial charge < -0.3 is 4.90 Å². The summed E-state index contributed by atoms with van der Waals surface area (Å²) in [5, 5.41) is 2.91. The molecule has 9 aromatic rings. The van der Waals surface area contributed by atoms with Gasteiger partial charge in [0.2, 0.25) is 0 Å². The number of pyridine rings is 1. The monoisotopic (exact) mass is 758 g/mol. The van der Waals surface area contributed by atoms with Crippen molar-refractivity contribution in [2.24, 2.45) is 0 Å². The molecule has 1 aromatic heterocycles. The van der Waals surface area contributed by atoms with Crippen LogP contribution in [0.5, 0.6) is 0 Å². The van der Waals surface area contributed by atoms with Gasteiger partial charge in [-0.3, -0.25) is 4.98 Å². The van der Waals surface area contributed by atoms with Crippen molar-refractivity contribution in [2.75, 3.05) is 4.90 Å². The number of aromatic nitrogens is 1. The van der Waals surface area contributed by atoms with Gasteiger partial charge in [0.25, 0.3) is 0 Å². The Labute approximate surface area is 342 Å². The first-order chi connectivity index (χ1) is 28.5. The maximum absolute atomic E-state index is 4.84. The molecule has 0 saturated heterocycles.